The topological polar surface area (TPSA) is 87.8 Å². The molecule has 0 bridgehead atoms. The Bertz CT molecular complexity index is 751. The highest BCUT2D eigenvalue weighted by Crippen LogP contribution is 2.48. The minimum Gasteiger partial charge on any atom is -0.466 e. The monoisotopic (exact) mass is 424 g/mol. The van der Waals surface area contributed by atoms with E-state index in [1.165, 1.54) is 6.20 Å². The van der Waals surface area contributed by atoms with E-state index in [1.54, 1.807) is 4.90 Å². The molecule has 1 N–H and O–H groups in total. The lowest BCUT2D eigenvalue weighted by Gasteiger charge is -2.52. The van der Waals surface area contributed by atoms with Crippen LogP contribution >= 0.6 is 11.6 Å². The van der Waals surface area contributed by atoms with Crippen molar-refractivity contribution in [2.24, 2.45) is 11.3 Å². The number of hydrogen-bond acceptors (Lipinski definition) is 6. The summed E-state index contributed by atoms with van der Waals surface area (Å²) in [6.07, 6.45) is 4.85. The molecule has 2 aliphatic heterocycles. The van der Waals surface area contributed by atoms with Crippen molar-refractivity contribution in [1.29, 1.82) is 0 Å². The van der Waals surface area contributed by atoms with Crippen LogP contribution in [0.15, 0.2) is 6.20 Å². The molecule has 9 heteroatoms. The first-order valence-corrected chi connectivity index (χ1v) is 10.9. The third-order valence-corrected chi connectivity index (χ3v) is 7.11. The summed E-state index contributed by atoms with van der Waals surface area (Å²) in [6.45, 7) is 6.62. The van der Waals surface area contributed by atoms with Crippen molar-refractivity contribution in [3.8, 4) is 0 Å². The second-order valence-electron chi connectivity index (χ2n) is 8.26. The summed E-state index contributed by atoms with van der Waals surface area (Å²) in [5.41, 5.74) is -0.356. The van der Waals surface area contributed by atoms with Gasteiger partial charge in [0, 0.05) is 32.2 Å². The van der Waals surface area contributed by atoms with E-state index in [1.807, 2.05) is 6.92 Å². The first-order chi connectivity index (χ1) is 14.0. The summed E-state index contributed by atoms with van der Waals surface area (Å²) in [6, 6.07) is 0.468. The highest BCUT2D eigenvalue weighted by atomic mass is 35.5. The van der Waals surface area contributed by atoms with E-state index in [0.29, 0.717) is 30.8 Å². The number of fused-ring (bicyclic) bond motifs is 1. The van der Waals surface area contributed by atoms with Gasteiger partial charge in [-0.2, -0.15) is 5.10 Å². The maximum atomic E-state index is 13.1. The number of nitrogens with zero attached hydrogens (tertiary/aromatic N) is 3. The van der Waals surface area contributed by atoms with Gasteiger partial charge in [0.15, 0.2) is 0 Å². The Hall–Kier alpha value is -1.64. The molecule has 2 saturated heterocycles. The van der Waals surface area contributed by atoms with Crippen molar-refractivity contribution in [2.45, 2.75) is 38.6 Å². The highest BCUT2D eigenvalue weighted by molar-refractivity contribution is 6.33. The van der Waals surface area contributed by atoms with Gasteiger partial charge in [0.2, 0.25) is 0 Å². The largest absolute Gasteiger partial charge is 0.466 e. The lowest BCUT2D eigenvalue weighted by Crippen LogP contribution is -2.59. The summed E-state index contributed by atoms with van der Waals surface area (Å²) in [5.74, 6) is -0.159. The molecule has 0 aromatic carbocycles. The number of likely N-dealkylation sites (tertiary alicyclic amines) is 1. The molecule has 1 amide bonds. The van der Waals surface area contributed by atoms with Gasteiger partial charge >= 0.3 is 5.97 Å². The number of carbonyl (C=O) groups is 2. The number of nitrogens with one attached hydrogen (secondary N) is 1. The van der Waals surface area contributed by atoms with Crippen LogP contribution in [-0.4, -0.2) is 83.9 Å². The van der Waals surface area contributed by atoms with Crippen molar-refractivity contribution >= 4 is 23.5 Å². The molecular formula is C20H29ClN4O4. The molecule has 4 rings (SSSR count). The standard InChI is InChI=1S/C20H29ClN4O4/c1-2-29-19(27)20-5-3-15(24-7-9-28-10-8-24)11-14(20)4-6-25(13-20)18(26)17-16(21)12-22-23-17/h12,14-15H,2-11,13H2,1H3,(H,22,23)/t14-,15-,20-/m1/s1. The number of rotatable bonds is 4. The average molecular weight is 425 g/mol. The number of halogens is 1. The summed E-state index contributed by atoms with van der Waals surface area (Å²) >= 11 is 6.09. The van der Waals surface area contributed by atoms with Crippen molar-refractivity contribution in [2.75, 3.05) is 46.0 Å². The zero-order valence-corrected chi connectivity index (χ0v) is 17.6. The summed E-state index contributed by atoms with van der Waals surface area (Å²) in [4.78, 5) is 30.3. The Labute approximate surface area is 175 Å². The van der Waals surface area contributed by atoms with Crippen molar-refractivity contribution in [3.05, 3.63) is 16.9 Å². The minimum atomic E-state index is -0.640. The van der Waals surface area contributed by atoms with Gasteiger partial charge in [-0.25, -0.2) is 0 Å². The van der Waals surface area contributed by atoms with Crippen LogP contribution in [0.25, 0.3) is 0 Å². The molecule has 160 valence electrons. The molecule has 3 heterocycles. The van der Waals surface area contributed by atoms with Gasteiger partial charge < -0.3 is 14.4 Å². The van der Waals surface area contributed by atoms with Gasteiger partial charge in [0.25, 0.3) is 5.91 Å². The Morgan fingerprint density at radius 1 is 1.34 bits per heavy atom. The Balaban J connectivity index is 1.53. The SMILES string of the molecule is CCOC(=O)[C@@]12CC[C@@H](N3CCOCC3)C[C@H]1CCN(C(=O)c1[nH]ncc1Cl)C2. The van der Waals surface area contributed by atoms with E-state index < -0.39 is 5.41 Å². The number of aromatic nitrogens is 2. The Morgan fingerprint density at radius 2 is 2.14 bits per heavy atom. The minimum absolute atomic E-state index is 0.168. The van der Waals surface area contributed by atoms with Gasteiger partial charge in [0.05, 0.1) is 36.5 Å². The predicted molar refractivity (Wildman–Crippen MR) is 107 cm³/mol. The van der Waals surface area contributed by atoms with Gasteiger partial charge in [-0.1, -0.05) is 11.6 Å². The lowest BCUT2D eigenvalue weighted by molar-refractivity contribution is -0.168. The predicted octanol–water partition coefficient (Wildman–Crippen LogP) is 1.96. The molecule has 3 atom stereocenters. The van der Waals surface area contributed by atoms with Gasteiger partial charge in [-0.15, -0.1) is 0 Å². The quantitative estimate of drug-likeness (QED) is 0.743. The molecule has 1 aromatic rings. The number of esters is 1. The fourth-order valence-corrected chi connectivity index (χ4v) is 5.44. The fraction of sp³-hybridized carbons (Fsp3) is 0.750. The van der Waals surface area contributed by atoms with E-state index in [4.69, 9.17) is 21.1 Å². The van der Waals surface area contributed by atoms with E-state index >= 15 is 0 Å². The van der Waals surface area contributed by atoms with Gasteiger partial charge in [0.1, 0.15) is 5.69 Å². The number of piperidine rings is 1. The summed E-state index contributed by atoms with van der Waals surface area (Å²) in [5, 5.41) is 6.84. The second kappa shape index (κ2) is 8.62. The molecule has 3 fully saturated rings. The molecule has 0 spiro atoms. The van der Waals surface area contributed by atoms with Crippen LogP contribution in [0.5, 0.6) is 0 Å². The molecule has 1 aliphatic carbocycles. The molecule has 1 saturated carbocycles. The zero-order chi connectivity index (χ0) is 20.4. The number of hydrogen-bond donors (Lipinski definition) is 1. The first-order valence-electron chi connectivity index (χ1n) is 10.5. The van der Waals surface area contributed by atoms with Crippen LogP contribution < -0.4 is 0 Å². The molecule has 0 unspecified atom stereocenters. The van der Waals surface area contributed by atoms with Gasteiger partial charge in [-0.3, -0.25) is 19.6 Å². The molecule has 3 aliphatic rings. The maximum absolute atomic E-state index is 13.1. The molecule has 1 aromatic heterocycles. The van der Waals surface area contributed by atoms with Gasteiger partial charge in [-0.05, 0) is 38.5 Å². The Morgan fingerprint density at radius 3 is 2.83 bits per heavy atom. The normalized spacial score (nSPS) is 30.6. The van der Waals surface area contributed by atoms with Crippen molar-refractivity contribution in [3.63, 3.8) is 0 Å². The van der Waals surface area contributed by atoms with E-state index in [-0.39, 0.29) is 23.5 Å². The number of amides is 1. The van der Waals surface area contributed by atoms with Crippen LogP contribution in [0.1, 0.15) is 43.1 Å². The van der Waals surface area contributed by atoms with Crippen LogP contribution in [0.3, 0.4) is 0 Å². The van der Waals surface area contributed by atoms with Crippen molar-refractivity contribution in [1.82, 2.24) is 20.0 Å². The number of morpholine rings is 1. The van der Waals surface area contributed by atoms with Crippen LogP contribution in [0.2, 0.25) is 5.02 Å². The van der Waals surface area contributed by atoms with E-state index in [2.05, 4.69) is 15.1 Å². The van der Waals surface area contributed by atoms with E-state index in [0.717, 1.165) is 52.0 Å². The second-order valence-corrected chi connectivity index (χ2v) is 8.67. The van der Waals surface area contributed by atoms with Crippen LogP contribution in [0.4, 0.5) is 0 Å². The first kappa shape index (κ1) is 20.6. The maximum Gasteiger partial charge on any atom is 0.314 e. The Kier molecular flexibility index (Phi) is 6.13. The number of H-pyrrole nitrogens is 1. The summed E-state index contributed by atoms with van der Waals surface area (Å²) in [7, 11) is 0. The third-order valence-electron chi connectivity index (χ3n) is 6.82. The molecule has 29 heavy (non-hydrogen) atoms. The molecule has 8 nitrogen and oxygen atoms in total. The fourth-order valence-electron chi connectivity index (χ4n) is 5.27. The van der Waals surface area contributed by atoms with Crippen LogP contribution in [-0.2, 0) is 14.3 Å². The number of aromatic amines is 1. The number of carbonyl (C=O) groups excluding carboxylic acids is 2. The smallest absolute Gasteiger partial charge is 0.314 e. The van der Waals surface area contributed by atoms with E-state index in [9.17, 15) is 9.59 Å². The third kappa shape index (κ3) is 3.90. The average Bonchev–Trinajstić information content (AvgIpc) is 3.19. The zero-order valence-electron chi connectivity index (χ0n) is 16.9. The lowest BCUT2D eigenvalue weighted by atomic mass is 9.61. The molecular weight excluding hydrogens is 396 g/mol. The molecule has 0 radical (unpaired) electrons. The van der Waals surface area contributed by atoms with Crippen molar-refractivity contribution < 1.29 is 19.1 Å². The van der Waals surface area contributed by atoms with Crippen LogP contribution in [0, 0.1) is 11.3 Å². The summed E-state index contributed by atoms with van der Waals surface area (Å²) < 4.78 is 11.0. The highest BCUT2D eigenvalue weighted by Gasteiger charge is 2.54. The number of ether oxygens (including phenoxy) is 2.